The van der Waals surface area contributed by atoms with Gasteiger partial charge in [-0.15, -0.1) is 0 Å². The Bertz CT molecular complexity index is 3000. The molecular formula is C54H42B2N6Se. The van der Waals surface area contributed by atoms with Gasteiger partial charge in [0.25, 0.3) is 0 Å². The van der Waals surface area contributed by atoms with Gasteiger partial charge in [0.2, 0.25) is 0 Å². The molecule has 2 fully saturated rings. The molecule has 0 bridgehead atoms. The third-order valence-corrected chi connectivity index (χ3v) is 17.7. The van der Waals surface area contributed by atoms with Crippen LogP contribution in [0.2, 0.25) is 0 Å². The van der Waals surface area contributed by atoms with Crippen LogP contribution in [-0.4, -0.2) is 54.1 Å². The zero-order valence-electron chi connectivity index (χ0n) is 34.9. The summed E-state index contributed by atoms with van der Waals surface area (Å²) in [6.45, 7) is 4.68. The molecule has 0 saturated carbocycles. The molecule has 0 amide bonds. The van der Waals surface area contributed by atoms with Gasteiger partial charge < -0.3 is 0 Å². The van der Waals surface area contributed by atoms with E-state index in [-0.39, 0.29) is 27.9 Å². The average molecular weight is 876 g/mol. The van der Waals surface area contributed by atoms with Crippen LogP contribution in [0.5, 0.6) is 0 Å². The molecule has 0 unspecified atom stereocenters. The maximum absolute atomic E-state index is 2.73. The van der Waals surface area contributed by atoms with Gasteiger partial charge in [0.1, 0.15) is 0 Å². The first kappa shape index (κ1) is 35.0. The maximum atomic E-state index is 2.73. The first-order chi connectivity index (χ1) is 31.3. The van der Waals surface area contributed by atoms with Crippen molar-refractivity contribution in [2.24, 2.45) is 0 Å². The number of rotatable bonds is 4. The van der Waals surface area contributed by atoms with Crippen molar-refractivity contribution < 1.29 is 0 Å². The number of hydrogen-bond acceptors (Lipinski definition) is 6. The molecule has 7 aliphatic rings. The molecule has 300 valence electrons. The summed E-state index contributed by atoms with van der Waals surface area (Å²) in [5.74, 6) is 0. The van der Waals surface area contributed by atoms with Crippen LogP contribution in [0.15, 0.2) is 158 Å². The van der Waals surface area contributed by atoms with Crippen LogP contribution < -0.4 is 59.9 Å². The molecule has 8 heterocycles. The van der Waals surface area contributed by atoms with Gasteiger partial charge in [-0.3, -0.25) is 0 Å². The fraction of sp³-hybridized carbons (Fsp3) is 0.148. The SMILES string of the molecule is c1ccc(N2c3ccccc3B3c4[se]c5c6c4N(c4ccccc4N6c4cc(N6CCCC6)cc6c4B5c4ccccc4N6c4ccccc4)c4cc(N5CCCC5)cc2c43)cc1. The van der Waals surface area contributed by atoms with E-state index >= 15 is 0 Å². The topological polar surface area (TPSA) is 19.4 Å². The van der Waals surface area contributed by atoms with E-state index in [1.807, 2.05) is 0 Å². The second-order valence-electron chi connectivity index (χ2n) is 18.2. The zero-order valence-corrected chi connectivity index (χ0v) is 36.6. The van der Waals surface area contributed by atoms with Crippen molar-refractivity contribution in [1.82, 2.24) is 0 Å². The summed E-state index contributed by atoms with van der Waals surface area (Å²) < 4.78 is 3.18. The van der Waals surface area contributed by atoms with Crippen LogP contribution in [0, 0.1) is 0 Å². The van der Waals surface area contributed by atoms with Crippen LogP contribution in [0.4, 0.5) is 79.6 Å². The number of nitrogens with zero attached hydrogens (tertiary/aromatic N) is 6. The Kier molecular flexibility index (Phi) is 7.23. The van der Waals surface area contributed by atoms with Gasteiger partial charge in [0, 0.05) is 0 Å². The second-order valence-corrected chi connectivity index (χ2v) is 20.5. The van der Waals surface area contributed by atoms with Gasteiger partial charge in [-0.05, 0) is 0 Å². The molecule has 1 aromatic heterocycles. The first-order valence-corrected chi connectivity index (χ1v) is 24.6. The van der Waals surface area contributed by atoms with Crippen molar-refractivity contribution >= 4 is 138 Å². The summed E-state index contributed by atoms with van der Waals surface area (Å²) in [7, 11) is 0. The summed E-state index contributed by atoms with van der Waals surface area (Å²) in [6.07, 6.45) is 4.95. The number of hydrogen-bond donors (Lipinski definition) is 0. The summed E-state index contributed by atoms with van der Waals surface area (Å²) in [5.41, 5.74) is 24.1. The molecule has 8 aromatic rings. The van der Waals surface area contributed by atoms with Crippen molar-refractivity contribution in [2.75, 3.05) is 55.6 Å². The van der Waals surface area contributed by atoms with Crippen LogP contribution in [0.3, 0.4) is 0 Å². The predicted octanol–water partition coefficient (Wildman–Crippen LogP) is 8.42. The van der Waals surface area contributed by atoms with E-state index in [1.54, 1.807) is 8.67 Å². The fourth-order valence-corrected chi connectivity index (χ4v) is 15.6. The van der Waals surface area contributed by atoms with Crippen LogP contribution >= 0.6 is 0 Å². The van der Waals surface area contributed by atoms with Gasteiger partial charge in [0.15, 0.2) is 0 Å². The third kappa shape index (κ3) is 4.66. The molecule has 63 heavy (non-hydrogen) atoms. The Morgan fingerprint density at radius 1 is 0.333 bits per heavy atom. The predicted molar refractivity (Wildman–Crippen MR) is 268 cm³/mol. The molecule has 0 atom stereocenters. The molecule has 0 N–H and O–H groups in total. The molecule has 0 radical (unpaired) electrons. The second kappa shape index (κ2) is 13.0. The van der Waals surface area contributed by atoms with Gasteiger partial charge in [-0.25, -0.2) is 0 Å². The van der Waals surface area contributed by atoms with E-state index in [4.69, 9.17) is 0 Å². The van der Waals surface area contributed by atoms with Crippen LogP contribution in [0.1, 0.15) is 25.7 Å². The van der Waals surface area contributed by atoms with E-state index in [0.29, 0.717) is 0 Å². The monoisotopic (exact) mass is 876 g/mol. The Labute approximate surface area is 375 Å². The number of fused-ring (bicyclic) bond motifs is 11. The molecule has 6 nitrogen and oxygen atoms in total. The zero-order chi connectivity index (χ0) is 40.9. The third-order valence-electron chi connectivity index (χ3n) is 15.0. The first-order valence-electron chi connectivity index (χ1n) is 22.9. The Morgan fingerprint density at radius 3 is 1.10 bits per heavy atom. The fourth-order valence-electron chi connectivity index (χ4n) is 12.4. The van der Waals surface area contributed by atoms with Gasteiger partial charge in [-0.1, -0.05) is 0 Å². The molecule has 9 heteroatoms. The van der Waals surface area contributed by atoms with E-state index < -0.39 is 0 Å². The van der Waals surface area contributed by atoms with E-state index in [0.717, 1.165) is 26.2 Å². The van der Waals surface area contributed by atoms with Crippen molar-refractivity contribution in [3.8, 4) is 0 Å². The average Bonchev–Trinajstić information content (AvgIpc) is 4.16. The minimum atomic E-state index is 0.0494. The Balaban J connectivity index is 1.06. The van der Waals surface area contributed by atoms with Crippen molar-refractivity contribution in [2.45, 2.75) is 25.7 Å². The summed E-state index contributed by atoms with van der Waals surface area (Å²) in [6, 6.07) is 60.4. The standard InChI is InChI=1S/C54H42B2N6Se/c1-3-17-35(18-4-1)59-41-23-9-7-21-39(41)55-49-45(59)31-37(57-27-13-14-28-57)33-47(49)61-43-25-11-12-26-44(43)62-48-34-38(58-29-15-16-30-58)32-46-50(48)56(54-52(62)51(61)53(55)63-54)40-22-8-10-24-42(40)60(46)36-19-5-2-6-20-36/h1-12,17-26,31-34H,13-16,27-30H2. The molecule has 7 aromatic carbocycles. The number of para-hydroxylation sites is 6. The molecule has 7 aliphatic heterocycles. The molecule has 15 rings (SSSR count). The van der Waals surface area contributed by atoms with Gasteiger partial charge in [0.05, 0.1) is 0 Å². The summed E-state index contributed by atoms with van der Waals surface area (Å²) in [5, 5.41) is 0. The Morgan fingerprint density at radius 2 is 0.683 bits per heavy atom. The number of benzene rings is 7. The van der Waals surface area contributed by atoms with Crippen molar-refractivity contribution in [1.29, 1.82) is 0 Å². The van der Waals surface area contributed by atoms with Crippen LogP contribution in [0.25, 0.3) is 0 Å². The van der Waals surface area contributed by atoms with Gasteiger partial charge >= 0.3 is 377 Å². The van der Waals surface area contributed by atoms with E-state index in [2.05, 4.69) is 187 Å². The molecule has 0 aliphatic carbocycles. The normalized spacial score (nSPS) is 16.8. The van der Waals surface area contributed by atoms with Crippen molar-refractivity contribution in [3.05, 3.63) is 158 Å². The number of anilines is 14. The molecule has 0 spiro atoms. The quantitative estimate of drug-likeness (QED) is 0.165. The molecule has 2 saturated heterocycles. The minimum absolute atomic E-state index is 0.0494. The van der Waals surface area contributed by atoms with Crippen LogP contribution in [-0.2, 0) is 0 Å². The van der Waals surface area contributed by atoms with E-state index in [9.17, 15) is 0 Å². The summed E-state index contributed by atoms with van der Waals surface area (Å²) in [4.78, 5) is 15.9. The summed E-state index contributed by atoms with van der Waals surface area (Å²) >= 11 is 0.0494. The van der Waals surface area contributed by atoms with Gasteiger partial charge in [-0.2, -0.15) is 0 Å². The van der Waals surface area contributed by atoms with E-state index in [1.165, 1.54) is 127 Å². The Hall–Kier alpha value is -6.53. The molecular weight excluding hydrogens is 833 g/mol. The van der Waals surface area contributed by atoms with Crippen molar-refractivity contribution in [3.63, 3.8) is 0 Å².